The smallest absolute Gasteiger partial charge is 0.349 e. The molecule has 0 fully saturated rings. The normalized spacial score (nSPS) is 11.9. The largest absolute Gasteiger partial charge is 0.489 e. The monoisotopic (exact) mass is 456 g/mol. The highest BCUT2D eigenvalue weighted by molar-refractivity contribution is 6.00. The van der Waals surface area contributed by atoms with Crippen molar-refractivity contribution in [2.24, 2.45) is 0 Å². The van der Waals surface area contributed by atoms with Crippen LogP contribution in [0.25, 0.3) is 6.08 Å². The molecule has 1 amide bonds. The van der Waals surface area contributed by atoms with Crippen molar-refractivity contribution in [3.8, 4) is 23.3 Å². The Morgan fingerprint density at radius 2 is 1.76 bits per heavy atom. The van der Waals surface area contributed by atoms with Crippen LogP contribution in [0.15, 0.2) is 78.4 Å². The zero-order valence-electron chi connectivity index (χ0n) is 18.0. The Morgan fingerprint density at radius 3 is 2.53 bits per heavy atom. The number of nitriles is 1. The molecule has 1 heterocycles. The van der Waals surface area contributed by atoms with Crippen molar-refractivity contribution in [2.45, 2.75) is 6.61 Å². The molecule has 0 radical (unpaired) electrons. The van der Waals surface area contributed by atoms with E-state index in [0.29, 0.717) is 35.1 Å². The molecule has 0 aromatic heterocycles. The van der Waals surface area contributed by atoms with E-state index < -0.39 is 18.5 Å². The van der Waals surface area contributed by atoms with Gasteiger partial charge in [0.05, 0.1) is 0 Å². The summed E-state index contributed by atoms with van der Waals surface area (Å²) in [6, 6.07) is 23.4. The molecule has 4 rings (SSSR count). The van der Waals surface area contributed by atoms with Gasteiger partial charge in [0, 0.05) is 5.69 Å². The summed E-state index contributed by atoms with van der Waals surface area (Å²) < 4.78 is 21.2. The van der Waals surface area contributed by atoms with Gasteiger partial charge in [-0.25, -0.2) is 4.79 Å². The van der Waals surface area contributed by atoms with Crippen molar-refractivity contribution in [1.82, 2.24) is 0 Å². The zero-order valence-corrected chi connectivity index (χ0v) is 18.0. The first-order chi connectivity index (χ1) is 16.6. The summed E-state index contributed by atoms with van der Waals surface area (Å²) in [7, 11) is 0. The third-order valence-corrected chi connectivity index (χ3v) is 4.77. The molecule has 0 unspecified atom stereocenters. The number of benzene rings is 3. The molecule has 170 valence electrons. The van der Waals surface area contributed by atoms with E-state index in [1.807, 2.05) is 30.3 Å². The van der Waals surface area contributed by atoms with Crippen molar-refractivity contribution in [3.63, 3.8) is 0 Å². The maximum absolute atomic E-state index is 12.2. The molecule has 0 saturated carbocycles. The number of hydrogen-bond acceptors (Lipinski definition) is 7. The topological polar surface area (TPSA) is 107 Å². The molecular formula is C26H20N2O6. The minimum Gasteiger partial charge on any atom is -0.489 e. The minimum absolute atomic E-state index is 0.119. The number of anilines is 1. The predicted octanol–water partition coefficient (Wildman–Crippen LogP) is 4.08. The fourth-order valence-electron chi connectivity index (χ4n) is 3.09. The summed E-state index contributed by atoms with van der Waals surface area (Å²) in [5.74, 6) is 0.327. The van der Waals surface area contributed by atoms with Crippen molar-refractivity contribution in [2.75, 3.05) is 18.7 Å². The molecule has 8 nitrogen and oxygen atoms in total. The van der Waals surface area contributed by atoms with Gasteiger partial charge in [0.15, 0.2) is 18.1 Å². The summed E-state index contributed by atoms with van der Waals surface area (Å²) in [5.41, 5.74) is 1.89. The number of hydrogen-bond donors (Lipinski definition) is 1. The van der Waals surface area contributed by atoms with Gasteiger partial charge in [-0.3, -0.25) is 4.79 Å². The number of carbonyl (C=O) groups is 2. The van der Waals surface area contributed by atoms with E-state index in [4.69, 9.17) is 18.9 Å². The Bertz CT molecular complexity index is 1250. The van der Waals surface area contributed by atoms with Gasteiger partial charge in [-0.2, -0.15) is 5.26 Å². The van der Waals surface area contributed by atoms with Crippen LogP contribution >= 0.6 is 0 Å². The molecule has 0 aliphatic carbocycles. The van der Waals surface area contributed by atoms with Crippen LogP contribution in [0.2, 0.25) is 0 Å². The molecule has 1 aliphatic heterocycles. The molecule has 0 spiro atoms. The first-order valence-corrected chi connectivity index (χ1v) is 10.4. The second-order valence-corrected chi connectivity index (χ2v) is 7.21. The lowest BCUT2D eigenvalue weighted by molar-refractivity contribution is -0.142. The third-order valence-electron chi connectivity index (χ3n) is 4.77. The predicted molar refractivity (Wildman–Crippen MR) is 123 cm³/mol. The number of nitrogens with one attached hydrogen (secondary N) is 1. The van der Waals surface area contributed by atoms with Crippen LogP contribution in [0.4, 0.5) is 5.69 Å². The minimum atomic E-state index is -0.903. The number of carbonyl (C=O) groups excluding carboxylic acids is 2. The van der Waals surface area contributed by atoms with E-state index in [1.165, 1.54) is 6.08 Å². The number of nitrogens with zero attached hydrogens (tertiary/aromatic N) is 1. The average Bonchev–Trinajstić information content (AvgIpc) is 3.34. The van der Waals surface area contributed by atoms with E-state index in [2.05, 4.69) is 5.32 Å². The lowest BCUT2D eigenvalue weighted by Crippen LogP contribution is -2.21. The lowest BCUT2D eigenvalue weighted by Gasteiger charge is -2.09. The average molecular weight is 456 g/mol. The number of fused-ring (bicyclic) bond motifs is 1. The van der Waals surface area contributed by atoms with Gasteiger partial charge in [-0.15, -0.1) is 0 Å². The lowest BCUT2D eigenvalue weighted by atomic mass is 10.1. The Kier molecular flexibility index (Phi) is 7.06. The van der Waals surface area contributed by atoms with Crippen LogP contribution in [0.5, 0.6) is 17.2 Å². The molecule has 3 aromatic carbocycles. The van der Waals surface area contributed by atoms with Crippen LogP contribution in [0, 0.1) is 11.3 Å². The van der Waals surface area contributed by atoms with Crippen LogP contribution in [0.1, 0.15) is 11.1 Å². The molecule has 3 aromatic rings. The Morgan fingerprint density at radius 1 is 1.00 bits per heavy atom. The number of esters is 1. The van der Waals surface area contributed by atoms with Gasteiger partial charge < -0.3 is 24.3 Å². The summed E-state index contributed by atoms with van der Waals surface area (Å²) in [6.07, 6.45) is 1.36. The summed E-state index contributed by atoms with van der Waals surface area (Å²) in [5, 5.41) is 11.9. The number of rotatable bonds is 8. The summed E-state index contributed by atoms with van der Waals surface area (Å²) in [4.78, 5) is 24.4. The van der Waals surface area contributed by atoms with Crippen molar-refractivity contribution < 1.29 is 28.5 Å². The van der Waals surface area contributed by atoms with E-state index in [1.54, 1.807) is 48.5 Å². The molecule has 0 atom stereocenters. The molecule has 1 N–H and O–H groups in total. The Hall–Kier alpha value is -4.77. The highest BCUT2D eigenvalue weighted by Gasteiger charge is 2.16. The maximum Gasteiger partial charge on any atom is 0.349 e. The molecule has 34 heavy (non-hydrogen) atoms. The number of amides is 1. The van der Waals surface area contributed by atoms with Gasteiger partial charge in [0.2, 0.25) is 6.79 Å². The molecule has 0 bridgehead atoms. The van der Waals surface area contributed by atoms with Gasteiger partial charge >= 0.3 is 5.97 Å². The van der Waals surface area contributed by atoms with E-state index >= 15 is 0 Å². The first-order valence-electron chi connectivity index (χ1n) is 10.4. The second kappa shape index (κ2) is 10.7. The quantitative estimate of drug-likeness (QED) is 0.309. The summed E-state index contributed by atoms with van der Waals surface area (Å²) in [6.45, 7) is 0.0168. The van der Waals surface area contributed by atoms with Gasteiger partial charge in [-0.1, -0.05) is 36.4 Å². The fraction of sp³-hybridized carbons (Fsp3) is 0.115. The van der Waals surface area contributed by atoms with Gasteiger partial charge in [0.1, 0.15) is 24.0 Å². The van der Waals surface area contributed by atoms with E-state index in [0.717, 1.165) is 5.56 Å². The van der Waals surface area contributed by atoms with E-state index in [-0.39, 0.29) is 12.4 Å². The van der Waals surface area contributed by atoms with Gasteiger partial charge in [-0.05, 0) is 53.6 Å². The molecule has 8 heteroatoms. The number of ether oxygens (including phenoxy) is 4. The van der Waals surface area contributed by atoms with Gasteiger partial charge in [0.25, 0.3) is 5.91 Å². The SMILES string of the molecule is N#CC(=Cc1ccc2c(c1)OCO2)C(=O)OCC(=O)Nc1ccc(OCc2ccccc2)cc1. The maximum atomic E-state index is 12.2. The third kappa shape index (κ3) is 5.93. The molecular weight excluding hydrogens is 436 g/mol. The van der Waals surface area contributed by atoms with Crippen LogP contribution in [-0.4, -0.2) is 25.3 Å². The summed E-state index contributed by atoms with van der Waals surface area (Å²) >= 11 is 0. The highest BCUT2D eigenvalue weighted by Crippen LogP contribution is 2.33. The highest BCUT2D eigenvalue weighted by atomic mass is 16.7. The Balaban J connectivity index is 1.26. The molecule has 0 saturated heterocycles. The van der Waals surface area contributed by atoms with Crippen molar-refractivity contribution >= 4 is 23.6 Å². The van der Waals surface area contributed by atoms with Crippen LogP contribution in [-0.2, 0) is 20.9 Å². The van der Waals surface area contributed by atoms with Crippen LogP contribution < -0.4 is 19.5 Å². The fourth-order valence-corrected chi connectivity index (χ4v) is 3.09. The molecule has 1 aliphatic rings. The first kappa shape index (κ1) is 22.4. The van der Waals surface area contributed by atoms with E-state index in [9.17, 15) is 14.9 Å². The Labute approximate surface area is 195 Å². The zero-order chi connectivity index (χ0) is 23.8. The second-order valence-electron chi connectivity index (χ2n) is 7.21. The van der Waals surface area contributed by atoms with Crippen molar-refractivity contribution in [1.29, 1.82) is 5.26 Å². The standard InChI is InChI=1S/C26H20N2O6/c27-14-20(12-19-6-11-23-24(13-19)34-17-33-23)26(30)32-16-25(29)28-21-7-9-22(10-8-21)31-15-18-4-2-1-3-5-18/h1-13H,15-17H2,(H,28,29). The van der Waals surface area contributed by atoms with Crippen molar-refractivity contribution in [3.05, 3.63) is 89.5 Å². The van der Waals surface area contributed by atoms with Crippen LogP contribution in [0.3, 0.4) is 0 Å².